The molecule has 0 radical (unpaired) electrons. The molecular formula is C17H16BrClN2O3S. The first kappa shape index (κ1) is 18.4. The van der Waals surface area contributed by atoms with E-state index in [0.717, 1.165) is 4.47 Å². The first-order valence-corrected chi connectivity index (χ1v) is 10.3. The van der Waals surface area contributed by atoms with Gasteiger partial charge in [0.25, 0.3) is 5.91 Å². The van der Waals surface area contributed by atoms with Gasteiger partial charge >= 0.3 is 0 Å². The van der Waals surface area contributed by atoms with E-state index in [4.69, 9.17) is 11.6 Å². The minimum atomic E-state index is -3.60. The van der Waals surface area contributed by atoms with Crippen LogP contribution in [-0.2, 0) is 10.0 Å². The van der Waals surface area contributed by atoms with Gasteiger partial charge in [0.15, 0.2) is 0 Å². The zero-order valence-corrected chi connectivity index (χ0v) is 16.4. The Labute approximate surface area is 160 Å². The lowest BCUT2D eigenvalue weighted by Crippen LogP contribution is -2.50. The number of sulfonamides is 1. The molecule has 1 heterocycles. The highest BCUT2D eigenvalue weighted by molar-refractivity contribution is 9.10. The van der Waals surface area contributed by atoms with Gasteiger partial charge in [-0.15, -0.1) is 0 Å². The summed E-state index contributed by atoms with van der Waals surface area (Å²) in [6.45, 7) is 1.22. The Hall–Kier alpha value is -1.41. The number of amides is 1. The fraction of sp³-hybridized carbons (Fsp3) is 0.235. The molecule has 2 aromatic carbocycles. The van der Waals surface area contributed by atoms with Crippen molar-refractivity contribution in [2.75, 3.05) is 26.2 Å². The average Bonchev–Trinajstić information content (AvgIpc) is 2.61. The summed E-state index contributed by atoms with van der Waals surface area (Å²) >= 11 is 9.25. The highest BCUT2D eigenvalue weighted by Gasteiger charge is 2.30. The average molecular weight is 444 g/mol. The number of halogens is 2. The molecule has 1 aliphatic heterocycles. The van der Waals surface area contributed by atoms with Crippen LogP contribution in [0.1, 0.15) is 10.4 Å². The van der Waals surface area contributed by atoms with E-state index in [2.05, 4.69) is 15.9 Å². The molecule has 132 valence electrons. The van der Waals surface area contributed by atoms with Gasteiger partial charge in [-0.3, -0.25) is 4.79 Å². The number of hydrogen-bond donors (Lipinski definition) is 0. The molecule has 3 rings (SSSR count). The summed E-state index contributed by atoms with van der Waals surface area (Å²) in [5.41, 5.74) is 0.584. The summed E-state index contributed by atoms with van der Waals surface area (Å²) in [7, 11) is -3.60. The van der Waals surface area contributed by atoms with E-state index in [1.165, 1.54) is 16.4 Å². The van der Waals surface area contributed by atoms with Gasteiger partial charge < -0.3 is 4.90 Å². The number of carbonyl (C=O) groups excluding carboxylic acids is 1. The standard InChI is InChI=1S/C17H16BrClN2O3S/c18-14-4-1-3-13(11-14)17(22)20-7-9-21(10-8-20)25(23,24)16-6-2-5-15(19)12-16/h1-6,11-12H,7-10H2. The molecule has 1 saturated heterocycles. The molecule has 0 N–H and O–H groups in total. The largest absolute Gasteiger partial charge is 0.336 e. The number of benzene rings is 2. The zero-order chi connectivity index (χ0) is 18.0. The normalized spacial score (nSPS) is 16.0. The van der Waals surface area contributed by atoms with Gasteiger partial charge in [0.2, 0.25) is 10.0 Å². The van der Waals surface area contributed by atoms with Crippen LogP contribution in [0.15, 0.2) is 57.9 Å². The van der Waals surface area contributed by atoms with E-state index in [0.29, 0.717) is 23.7 Å². The van der Waals surface area contributed by atoms with Gasteiger partial charge in [0.05, 0.1) is 4.90 Å². The molecule has 25 heavy (non-hydrogen) atoms. The van der Waals surface area contributed by atoms with Crippen molar-refractivity contribution in [3.05, 3.63) is 63.6 Å². The molecule has 5 nitrogen and oxygen atoms in total. The van der Waals surface area contributed by atoms with Gasteiger partial charge in [0.1, 0.15) is 0 Å². The third kappa shape index (κ3) is 4.06. The predicted octanol–water partition coefficient (Wildman–Crippen LogP) is 3.25. The Bertz CT molecular complexity index is 896. The molecule has 2 aromatic rings. The lowest BCUT2D eigenvalue weighted by molar-refractivity contribution is 0.0698. The Morgan fingerprint density at radius 3 is 2.32 bits per heavy atom. The summed E-state index contributed by atoms with van der Waals surface area (Å²) < 4.78 is 27.6. The lowest BCUT2D eigenvalue weighted by atomic mass is 10.2. The maximum absolute atomic E-state index is 12.7. The predicted molar refractivity (Wildman–Crippen MR) is 100 cm³/mol. The summed E-state index contributed by atoms with van der Waals surface area (Å²) in [5, 5.41) is 0.379. The second-order valence-corrected chi connectivity index (χ2v) is 8.95. The fourth-order valence-electron chi connectivity index (χ4n) is 2.71. The molecule has 0 unspecified atom stereocenters. The summed E-state index contributed by atoms with van der Waals surface area (Å²) in [6, 6.07) is 13.4. The number of carbonyl (C=O) groups is 1. The topological polar surface area (TPSA) is 57.7 Å². The number of hydrogen-bond acceptors (Lipinski definition) is 3. The molecule has 1 fully saturated rings. The minimum Gasteiger partial charge on any atom is -0.336 e. The van der Waals surface area contributed by atoms with Crippen molar-refractivity contribution in [2.45, 2.75) is 4.90 Å². The highest BCUT2D eigenvalue weighted by atomic mass is 79.9. The van der Waals surface area contributed by atoms with Crippen LogP contribution in [-0.4, -0.2) is 49.7 Å². The minimum absolute atomic E-state index is 0.0962. The van der Waals surface area contributed by atoms with Crippen LogP contribution < -0.4 is 0 Å². The second-order valence-electron chi connectivity index (χ2n) is 5.66. The summed E-state index contributed by atoms with van der Waals surface area (Å²) in [6.07, 6.45) is 0. The van der Waals surface area contributed by atoms with Crippen molar-refractivity contribution in [1.29, 1.82) is 0 Å². The lowest BCUT2D eigenvalue weighted by Gasteiger charge is -2.34. The van der Waals surface area contributed by atoms with Crippen molar-refractivity contribution in [3.63, 3.8) is 0 Å². The van der Waals surface area contributed by atoms with Gasteiger partial charge in [0, 0.05) is 41.2 Å². The van der Waals surface area contributed by atoms with Gasteiger partial charge in [-0.2, -0.15) is 4.31 Å². The molecule has 8 heteroatoms. The maximum atomic E-state index is 12.7. The van der Waals surface area contributed by atoms with Crippen LogP contribution in [0, 0.1) is 0 Å². The van der Waals surface area contributed by atoms with Gasteiger partial charge in [-0.25, -0.2) is 8.42 Å². The molecular weight excluding hydrogens is 428 g/mol. The molecule has 0 atom stereocenters. The number of rotatable bonds is 3. The molecule has 0 aliphatic carbocycles. The molecule has 0 saturated carbocycles. The summed E-state index contributed by atoms with van der Waals surface area (Å²) in [4.78, 5) is 14.4. The van der Waals surface area contributed by atoms with Crippen molar-refractivity contribution >= 4 is 43.5 Å². The third-order valence-electron chi connectivity index (χ3n) is 4.03. The zero-order valence-electron chi connectivity index (χ0n) is 13.2. The van der Waals surface area contributed by atoms with Crippen molar-refractivity contribution in [2.24, 2.45) is 0 Å². The third-order valence-corrected chi connectivity index (χ3v) is 6.65. The maximum Gasteiger partial charge on any atom is 0.253 e. The second kappa shape index (κ2) is 7.45. The van der Waals surface area contributed by atoms with Crippen LogP contribution in [0.25, 0.3) is 0 Å². The first-order valence-electron chi connectivity index (χ1n) is 7.68. The van der Waals surface area contributed by atoms with E-state index < -0.39 is 10.0 Å². The van der Waals surface area contributed by atoms with Crippen LogP contribution >= 0.6 is 27.5 Å². The van der Waals surface area contributed by atoms with E-state index in [-0.39, 0.29) is 23.9 Å². The number of piperazine rings is 1. The highest BCUT2D eigenvalue weighted by Crippen LogP contribution is 2.21. The van der Waals surface area contributed by atoms with Gasteiger partial charge in [-0.1, -0.05) is 39.7 Å². The van der Waals surface area contributed by atoms with Crippen molar-refractivity contribution in [3.8, 4) is 0 Å². The first-order chi connectivity index (χ1) is 11.9. The van der Waals surface area contributed by atoms with Gasteiger partial charge in [-0.05, 0) is 36.4 Å². The molecule has 0 aromatic heterocycles. The molecule has 1 aliphatic rings. The number of nitrogens with zero attached hydrogens (tertiary/aromatic N) is 2. The van der Waals surface area contributed by atoms with Crippen LogP contribution in [0.5, 0.6) is 0 Å². The van der Waals surface area contributed by atoms with Crippen LogP contribution in [0.3, 0.4) is 0 Å². The SMILES string of the molecule is O=C(c1cccc(Br)c1)N1CCN(S(=O)(=O)c2cccc(Cl)c2)CC1. The molecule has 0 bridgehead atoms. The summed E-state index contributed by atoms with van der Waals surface area (Å²) in [5.74, 6) is -0.0962. The van der Waals surface area contributed by atoms with E-state index in [1.807, 2.05) is 6.07 Å². The molecule has 1 amide bonds. The van der Waals surface area contributed by atoms with E-state index in [9.17, 15) is 13.2 Å². The van der Waals surface area contributed by atoms with Crippen molar-refractivity contribution in [1.82, 2.24) is 9.21 Å². The Balaban J connectivity index is 1.70. The van der Waals surface area contributed by atoms with Crippen molar-refractivity contribution < 1.29 is 13.2 Å². The monoisotopic (exact) mass is 442 g/mol. The fourth-order valence-corrected chi connectivity index (χ4v) is 4.83. The Kier molecular flexibility index (Phi) is 5.48. The van der Waals surface area contributed by atoms with E-state index >= 15 is 0 Å². The van der Waals surface area contributed by atoms with E-state index in [1.54, 1.807) is 35.2 Å². The quantitative estimate of drug-likeness (QED) is 0.732. The molecule has 0 spiro atoms. The Morgan fingerprint density at radius 2 is 1.68 bits per heavy atom. The van der Waals surface area contributed by atoms with Crippen LogP contribution in [0.2, 0.25) is 5.02 Å². The smallest absolute Gasteiger partial charge is 0.253 e. The van der Waals surface area contributed by atoms with Crippen LogP contribution in [0.4, 0.5) is 0 Å². The Morgan fingerprint density at radius 1 is 1.00 bits per heavy atom.